The molecule has 2 heteroatoms. The number of hydrogen-bond acceptors (Lipinski definition) is 1. The van der Waals surface area contributed by atoms with Crippen LogP contribution >= 0.6 is 0 Å². The molecule has 96 valence electrons. The highest BCUT2D eigenvalue weighted by molar-refractivity contribution is 5.47. The molecule has 0 heterocycles. The van der Waals surface area contributed by atoms with E-state index in [-0.39, 0.29) is 17.2 Å². The van der Waals surface area contributed by atoms with Crippen LogP contribution in [0, 0.1) is 38.3 Å². The first kappa shape index (κ1) is 13.1. The summed E-state index contributed by atoms with van der Waals surface area (Å²) in [4.78, 5) is 0. The maximum Gasteiger partial charge on any atom is 0.140 e. The van der Waals surface area contributed by atoms with Crippen LogP contribution in [0.25, 0.3) is 0 Å². The van der Waals surface area contributed by atoms with E-state index in [1.165, 1.54) is 27.8 Å². The third-order valence-electron chi connectivity index (χ3n) is 4.42. The van der Waals surface area contributed by atoms with Gasteiger partial charge in [0.25, 0.3) is 0 Å². The summed E-state index contributed by atoms with van der Waals surface area (Å²) in [6.07, 6.45) is 7.25. The maximum absolute atomic E-state index is 12.6. The van der Waals surface area contributed by atoms with Gasteiger partial charge in [-0.05, 0) is 61.4 Å². The first-order valence-electron chi connectivity index (χ1n) is 6.47. The van der Waals surface area contributed by atoms with Crippen molar-refractivity contribution in [3.8, 4) is 12.3 Å². The van der Waals surface area contributed by atoms with Gasteiger partial charge in [0.1, 0.15) is 12.6 Å². The molecule has 1 aromatic rings. The molecule has 0 radical (unpaired) electrons. The average Bonchev–Trinajstić information content (AvgIpc) is 2.70. The van der Waals surface area contributed by atoms with E-state index in [4.69, 9.17) is 6.42 Å². The Labute approximate surface area is 110 Å². The lowest BCUT2D eigenvalue weighted by Crippen LogP contribution is -2.40. The fourth-order valence-electron chi connectivity index (χ4n) is 3.09. The molecule has 0 fully saturated rings. The summed E-state index contributed by atoms with van der Waals surface area (Å²) in [5.74, 6) is 2.52. The number of nitrogens with zero attached hydrogens (tertiary/aromatic N) is 1. The Balaban J connectivity index is 2.50. The third-order valence-corrected chi connectivity index (χ3v) is 4.42. The molecule has 0 aliphatic heterocycles. The van der Waals surface area contributed by atoms with Gasteiger partial charge in [-0.1, -0.05) is 0 Å². The van der Waals surface area contributed by atoms with Crippen molar-refractivity contribution < 1.29 is 4.65 Å². The number of hydroxylamine groups is 3. The normalized spacial score (nSPS) is 21.2. The number of fused-ring (bicyclic) bond motifs is 1. The summed E-state index contributed by atoms with van der Waals surface area (Å²) in [5.41, 5.74) is 6.59. The van der Waals surface area contributed by atoms with Crippen LogP contribution < -0.4 is 0 Å². The minimum absolute atomic E-state index is 0.00838. The predicted octanol–water partition coefficient (Wildman–Crippen LogP) is 3.18. The Morgan fingerprint density at radius 3 is 2.67 bits per heavy atom. The van der Waals surface area contributed by atoms with Gasteiger partial charge in [-0.2, -0.15) is 0 Å². The molecule has 0 bridgehead atoms. The standard InChI is InChI=1S/C16H21NO/c1-6-9-17(5,18)16-8-7-14-13(4)12(3)11(2)10-15(14)16/h1,10,16H,7-9H2,2-5H3/t16-,17?/m1/s1. The zero-order valence-corrected chi connectivity index (χ0v) is 11.7. The SMILES string of the molecule is C#CC[N+](C)([O-])[C@@H]1CCc2c1cc(C)c(C)c2C. The van der Waals surface area contributed by atoms with Gasteiger partial charge in [0.2, 0.25) is 0 Å². The van der Waals surface area contributed by atoms with Crippen LogP contribution in [-0.4, -0.2) is 18.2 Å². The molecular weight excluding hydrogens is 222 g/mol. The Kier molecular flexibility index (Phi) is 3.23. The molecule has 0 saturated carbocycles. The molecule has 0 amide bonds. The lowest BCUT2D eigenvalue weighted by atomic mass is 9.94. The Hall–Kier alpha value is -1.30. The molecule has 0 saturated heterocycles. The summed E-state index contributed by atoms with van der Waals surface area (Å²) in [5, 5.41) is 12.6. The van der Waals surface area contributed by atoms with Crippen molar-refractivity contribution >= 4 is 0 Å². The minimum atomic E-state index is -0.342. The summed E-state index contributed by atoms with van der Waals surface area (Å²) >= 11 is 0. The average molecular weight is 243 g/mol. The van der Waals surface area contributed by atoms with E-state index in [1.807, 2.05) is 0 Å². The van der Waals surface area contributed by atoms with Crippen molar-refractivity contribution in [1.82, 2.24) is 0 Å². The number of terminal acetylenes is 1. The molecule has 18 heavy (non-hydrogen) atoms. The second-order valence-corrected chi connectivity index (χ2v) is 5.60. The number of hydrogen-bond donors (Lipinski definition) is 0. The van der Waals surface area contributed by atoms with E-state index in [1.54, 1.807) is 7.05 Å². The van der Waals surface area contributed by atoms with Crippen LogP contribution in [0.2, 0.25) is 0 Å². The molecule has 1 aliphatic carbocycles. The van der Waals surface area contributed by atoms with Gasteiger partial charge in [-0.15, -0.1) is 6.42 Å². The van der Waals surface area contributed by atoms with Gasteiger partial charge in [-0.3, -0.25) is 0 Å². The largest absolute Gasteiger partial charge is 0.632 e. The lowest BCUT2D eigenvalue weighted by molar-refractivity contribution is -0.885. The molecule has 2 nitrogen and oxygen atoms in total. The molecule has 1 aliphatic rings. The lowest BCUT2D eigenvalue weighted by Gasteiger charge is -2.43. The van der Waals surface area contributed by atoms with Gasteiger partial charge in [0.15, 0.2) is 0 Å². The van der Waals surface area contributed by atoms with Crippen LogP contribution in [-0.2, 0) is 6.42 Å². The van der Waals surface area contributed by atoms with Gasteiger partial charge in [-0.25, -0.2) is 0 Å². The fraction of sp³-hybridized carbons (Fsp3) is 0.500. The van der Waals surface area contributed by atoms with Crippen molar-refractivity contribution in [2.75, 3.05) is 13.6 Å². The highest BCUT2D eigenvalue weighted by Crippen LogP contribution is 2.41. The molecule has 1 aromatic carbocycles. The minimum Gasteiger partial charge on any atom is -0.632 e. The predicted molar refractivity (Wildman–Crippen MR) is 75.0 cm³/mol. The molecule has 0 spiro atoms. The maximum atomic E-state index is 12.6. The first-order chi connectivity index (χ1) is 8.38. The first-order valence-corrected chi connectivity index (χ1v) is 6.47. The van der Waals surface area contributed by atoms with E-state index in [9.17, 15) is 5.21 Å². The van der Waals surface area contributed by atoms with Crippen LogP contribution in [0.1, 0.15) is 40.3 Å². The summed E-state index contributed by atoms with van der Waals surface area (Å²) in [7, 11) is 1.70. The highest BCUT2D eigenvalue weighted by atomic mass is 16.5. The highest BCUT2D eigenvalue weighted by Gasteiger charge is 2.34. The van der Waals surface area contributed by atoms with Crippen molar-refractivity contribution in [2.24, 2.45) is 0 Å². The number of rotatable bonds is 2. The van der Waals surface area contributed by atoms with Gasteiger partial charge in [0, 0.05) is 12.0 Å². The van der Waals surface area contributed by atoms with E-state index < -0.39 is 0 Å². The van der Waals surface area contributed by atoms with Crippen LogP contribution in [0.15, 0.2) is 6.07 Å². The summed E-state index contributed by atoms with van der Waals surface area (Å²) in [6.45, 7) is 6.69. The van der Waals surface area contributed by atoms with Gasteiger partial charge < -0.3 is 9.85 Å². The molecular formula is C16H21NO. The Morgan fingerprint density at radius 1 is 1.39 bits per heavy atom. The van der Waals surface area contributed by atoms with Crippen molar-refractivity contribution in [3.05, 3.63) is 39.1 Å². The number of benzene rings is 1. The molecule has 2 rings (SSSR count). The van der Waals surface area contributed by atoms with Gasteiger partial charge in [0.05, 0.1) is 7.05 Å². The van der Waals surface area contributed by atoms with Crippen molar-refractivity contribution in [2.45, 2.75) is 39.7 Å². The van der Waals surface area contributed by atoms with E-state index >= 15 is 0 Å². The zero-order valence-electron chi connectivity index (χ0n) is 11.7. The number of aryl methyl sites for hydroxylation is 1. The van der Waals surface area contributed by atoms with Crippen molar-refractivity contribution in [1.29, 1.82) is 0 Å². The quantitative estimate of drug-likeness (QED) is 0.444. The van der Waals surface area contributed by atoms with Crippen LogP contribution in [0.5, 0.6) is 0 Å². The van der Waals surface area contributed by atoms with E-state index in [0.717, 1.165) is 12.8 Å². The van der Waals surface area contributed by atoms with E-state index in [0.29, 0.717) is 0 Å². The van der Waals surface area contributed by atoms with Crippen LogP contribution in [0.4, 0.5) is 0 Å². The molecule has 0 aromatic heterocycles. The topological polar surface area (TPSA) is 23.1 Å². The van der Waals surface area contributed by atoms with E-state index in [2.05, 4.69) is 32.8 Å². The third kappa shape index (κ3) is 1.94. The molecule has 1 unspecified atom stereocenters. The number of quaternary nitrogens is 1. The Morgan fingerprint density at radius 2 is 2.06 bits per heavy atom. The smallest absolute Gasteiger partial charge is 0.140 e. The van der Waals surface area contributed by atoms with Crippen LogP contribution in [0.3, 0.4) is 0 Å². The van der Waals surface area contributed by atoms with Crippen molar-refractivity contribution in [3.63, 3.8) is 0 Å². The van der Waals surface area contributed by atoms with Gasteiger partial charge >= 0.3 is 0 Å². The monoisotopic (exact) mass is 243 g/mol. The zero-order chi connectivity index (χ0) is 13.5. The second kappa shape index (κ2) is 4.42. The molecule has 2 atom stereocenters. The molecule has 0 N–H and O–H groups in total. The summed E-state index contributed by atoms with van der Waals surface area (Å²) < 4.78 is -0.342. The summed E-state index contributed by atoms with van der Waals surface area (Å²) in [6, 6.07) is 2.20. The second-order valence-electron chi connectivity index (χ2n) is 5.60. The fourth-order valence-corrected chi connectivity index (χ4v) is 3.09. The Bertz CT molecular complexity index is 523.